The van der Waals surface area contributed by atoms with E-state index < -0.39 is 9.84 Å². The molecule has 0 aliphatic carbocycles. The number of aromatic nitrogens is 1. The Kier molecular flexibility index (Phi) is 5.27. The van der Waals surface area contributed by atoms with E-state index in [2.05, 4.69) is 0 Å². The van der Waals surface area contributed by atoms with Crippen molar-refractivity contribution < 1.29 is 25.4 Å². The molecule has 0 fully saturated rings. The number of hydrogen-bond acceptors (Lipinski definition) is 2. The quantitative estimate of drug-likeness (QED) is 0.695. The molecule has 5 heteroatoms. The lowest BCUT2D eigenvalue weighted by molar-refractivity contribution is -0.568. The molecule has 19 heavy (non-hydrogen) atoms. The largest absolute Gasteiger partial charge is 1.00 e. The SMILES string of the molecule is Cc1ccc(S(=O)(=O)C=C[n+]2ccccc2)cc1.[Cl-]. The van der Waals surface area contributed by atoms with Crippen LogP contribution in [0.25, 0.3) is 6.20 Å². The fourth-order valence-corrected chi connectivity index (χ4v) is 2.44. The summed E-state index contributed by atoms with van der Waals surface area (Å²) < 4.78 is 25.7. The lowest BCUT2D eigenvalue weighted by atomic mass is 10.2. The van der Waals surface area contributed by atoms with Gasteiger partial charge in [-0.05, 0) is 19.1 Å². The zero-order valence-corrected chi connectivity index (χ0v) is 12.0. The molecule has 0 amide bonds. The number of hydrogen-bond donors (Lipinski definition) is 0. The topological polar surface area (TPSA) is 38.0 Å². The number of nitrogens with zero attached hydrogens (tertiary/aromatic N) is 1. The summed E-state index contributed by atoms with van der Waals surface area (Å²) in [6.45, 7) is 1.92. The van der Waals surface area contributed by atoms with Gasteiger partial charge in [-0.25, -0.2) is 8.42 Å². The Morgan fingerprint density at radius 1 is 1.00 bits per heavy atom. The molecule has 0 saturated carbocycles. The van der Waals surface area contributed by atoms with E-state index in [1.807, 2.05) is 25.1 Å². The van der Waals surface area contributed by atoms with Gasteiger partial charge in [-0.15, -0.1) is 0 Å². The molecule has 0 radical (unpaired) electrons. The highest BCUT2D eigenvalue weighted by molar-refractivity contribution is 7.94. The minimum absolute atomic E-state index is 0. The molecule has 0 spiro atoms. The van der Waals surface area contributed by atoms with Gasteiger partial charge in [-0.2, -0.15) is 4.57 Å². The number of pyridine rings is 1. The van der Waals surface area contributed by atoms with E-state index >= 15 is 0 Å². The van der Waals surface area contributed by atoms with Gasteiger partial charge in [0.2, 0.25) is 9.84 Å². The highest BCUT2D eigenvalue weighted by Gasteiger charge is 2.10. The maximum atomic E-state index is 12.0. The van der Waals surface area contributed by atoms with E-state index in [1.54, 1.807) is 41.2 Å². The number of rotatable bonds is 3. The number of aryl methyl sites for hydroxylation is 1. The predicted octanol–water partition coefficient (Wildman–Crippen LogP) is -0.811. The van der Waals surface area contributed by atoms with Crippen LogP contribution in [0.2, 0.25) is 0 Å². The van der Waals surface area contributed by atoms with Crippen LogP contribution >= 0.6 is 0 Å². The number of benzene rings is 1. The summed E-state index contributed by atoms with van der Waals surface area (Å²) in [5.41, 5.74) is 1.04. The molecule has 0 aliphatic rings. The van der Waals surface area contributed by atoms with Gasteiger partial charge < -0.3 is 12.4 Å². The summed E-state index contributed by atoms with van der Waals surface area (Å²) in [5, 5.41) is 1.21. The van der Waals surface area contributed by atoms with E-state index in [1.165, 1.54) is 11.6 Å². The standard InChI is InChI=1S/C14H14NO2S.ClH/c1-13-5-7-14(8-6-13)18(16,17)12-11-15-9-3-2-4-10-15;/h2-12H,1H3;1H/q+1;/p-1. The van der Waals surface area contributed by atoms with Gasteiger partial charge in [0.15, 0.2) is 18.6 Å². The molecule has 1 heterocycles. The Balaban J connectivity index is 0.00000180. The molecule has 0 aliphatic heterocycles. The van der Waals surface area contributed by atoms with Crippen LogP contribution in [0.4, 0.5) is 0 Å². The first-order valence-electron chi connectivity index (χ1n) is 5.54. The van der Waals surface area contributed by atoms with Gasteiger partial charge in [0.25, 0.3) is 0 Å². The lowest BCUT2D eigenvalue weighted by Gasteiger charge is -1.98. The number of sulfone groups is 1. The Morgan fingerprint density at radius 3 is 2.16 bits per heavy atom. The average Bonchev–Trinajstić information content (AvgIpc) is 2.38. The zero-order chi connectivity index (χ0) is 13.0. The third-order valence-electron chi connectivity index (χ3n) is 2.50. The monoisotopic (exact) mass is 295 g/mol. The third-order valence-corrected chi connectivity index (χ3v) is 3.91. The van der Waals surface area contributed by atoms with Crippen LogP contribution in [0.15, 0.2) is 65.2 Å². The Morgan fingerprint density at radius 2 is 1.58 bits per heavy atom. The van der Waals surface area contributed by atoms with Crippen molar-refractivity contribution in [3.8, 4) is 0 Å². The lowest BCUT2D eigenvalue weighted by Crippen LogP contribution is -3.00. The van der Waals surface area contributed by atoms with E-state index in [4.69, 9.17) is 0 Å². The minimum Gasteiger partial charge on any atom is -1.00 e. The minimum atomic E-state index is -3.38. The van der Waals surface area contributed by atoms with Gasteiger partial charge in [-0.3, -0.25) is 0 Å². The fourth-order valence-electron chi connectivity index (χ4n) is 1.47. The van der Waals surface area contributed by atoms with Crippen molar-refractivity contribution in [2.75, 3.05) is 0 Å². The molecule has 3 nitrogen and oxygen atoms in total. The molecule has 100 valence electrons. The molecule has 1 aromatic carbocycles. The Hall–Kier alpha value is -1.65. The third kappa shape index (κ3) is 4.19. The first-order valence-corrected chi connectivity index (χ1v) is 7.08. The van der Waals surface area contributed by atoms with Crippen LogP contribution in [-0.2, 0) is 9.84 Å². The van der Waals surface area contributed by atoms with Crippen molar-refractivity contribution in [3.63, 3.8) is 0 Å². The van der Waals surface area contributed by atoms with Crippen molar-refractivity contribution in [2.45, 2.75) is 11.8 Å². The fraction of sp³-hybridized carbons (Fsp3) is 0.0714. The van der Waals surface area contributed by atoms with Crippen LogP contribution < -0.4 is 17.0 Å². The van der Waals surface area contributed by atoms with Crippen molar-refractivity contribution in [1.82, 2.24) is 0 Å². The molecule has 0 bridgehead atoms. The van der Waals surface area contributed by atoms with Gasteiger partial charge in [0.05, 0.1) is 10.3 Å². The maximum Gasteiger partial charge on any atom is 0.205 e. The van der Waals surface area contributed by atoms with E-state index in [-0.39, 0.29) is 12.4 Å². The van der Waals surface area contributed by atoms with Crippen LogP contribution in [0.1, 0.15) is 5.56 Å². The first-order chi connectivity index (χ1) is 8.58. The van der Waals surface area contributed by atoms with E-state index in [9.17, 15) is 8.42 Å². The van der Waals surface area contributed by atoms with E-state index in [0.717, 1.165) is 5.56 Å². The van der Waals surface area contributed by atoms with E-state index in [0.29, 0.717) is 4.90 Å². The summed E-state index contributed by atoms with van der Waals surface area (Å²) in [4.78, 5) is 0.306. The van der Waals surface area contributed by atoms with Gasteiger partial charge in [0, 0.05) is 12.1 Å². The van der Waals surface area contributed by atoms with Crippen LogP contribution in [0, 0.1) is 6.92 Å². The molecule has 2 aromatic rings. The summed E-state index contributed by atoms with van der Waals surface area (Å²) in [6.07, 6.45) is 5.08. The van der Waals surface area contributed by atoms with Gasteiger partial charge in [0.1, 0.15) is 0 Å². The smallest absolute Gasteiger partial charge is 0.205 e. The molecule has 0 unspecified atom stereocenters. The normalized spacial score (nSPS) is 11.2. The summed E-state index contributed by atoms with van der Waals surface area (Å²) in [5.74, 6) is 0. The summed E-state index contributed by atoms with van der Waals surface area (Å²) in [6, 6.07) is 12.4. The summed E-state index contributed by atoms with van der Waals surface area (Å²) >= 11 is 0. The molecule has 0 N–H and O–H groups in total. The van der Waals surface area contributed by atoms with Crippen molar-refractivity contribution in [1.29, 1.82) is 0 Å². The second-order valence-electron chi connectivity index (χ2n) is 3.97. The predicted molar refractivity (Wildman–Crippen MR) is 70.3 cm³/mol. The number of halogens is 1. The van der Waals surface area contributed by atoms with Crippen LogP contribution in [0.5, 0.6) is 0 Å². The van der Waals surface area contributed by atoms with Crippen LogP contribution in [-0.4, -0.2) is 8.42 Å². The average molecular weight is 296 g/mol. The zero-order valence-electron chi connectivity index (χ0n) is 10.4. The highest BCUT2D eigenvalue weighted by atomic mass is 35.5. The molecular weight excluding hydrogens is 282 g/mol. The van der Waals surface area contributed by atoms with Crippen molar-refractivity contribution >= 4 is 16.0 Å². The highest BCUT2D eigenvalue weighted by Crippen LogP contribution is 2.12. The van der Waals surface area contributed by atoms with Gasteiger partial charge >= 0.3 is 0 Å². The van der Waals surface area contributed by atoms with Crippen molar-refractivity contribution in [2.24, 2.45) is 0 Å². The Bertz CT molecular complexity index is 650. The molecule has 0 atom stereocenters. The molecule has 1 aromatic heterocycles. The Labute approximate surface area is 119 Å². The molecular formula is C14H14ClNO2S. The molecule has 2 rings (SSSR count). The van der Waals surface area contributed by atoms with Crippen molar-refractivity contribution in [3.05, 3.63) is 65.8 Å². The second kappa shape index (κ2) is 6.50. The van der Waals surface area contributed by atoms with Gasteiger partial charge in [-0.1, -0.05) is 23.8 Å². The maximum absolute atomic E-state index is 12.0. The second-order valence-corrected chi connectivity index (χ2v) is 5.80. The first kappa shape index (κ1) is 15.4. The molecule has 0 saturated heterocycles. The summed E-state index contributed by atoms with van der Waals surface area (Å²) in [7, 11) is -3.38. The van der Waals surface area contributed by atoms with Crippen LogP contribution in [0.3, 0.4) is 0 Å².